The van der Waals surface area contributed by atoms with Crippen LogP contribution in [0.3, 0.4) is 0 Å². The van der Waals surface area contributed by atoms with Crippen LogP contribution in [-0.4, -0.2) is 5.11 Å². The van der Waals surface area contributed by atoms with Crippen LogP contribution in [0.15, 0.2) is 24.3 Å². The van der Waals surface area contributed by atoms with Crippen molar-refractivity contribution in [3.63, 3.8) is 0 Å². The van der Waals surface area contributed by atoms with Crippen molar-refractivity contribution in [2.45, 2.75) is 0 Å². The summed E-state index contributed by atoms with van der Waals surface area (Å²) in [5, 5.41) is 6.92. The second-order valence-electron chi connectivity index (χ2n) is 1.51. The summed E-state index contributed by atoms with van der Waals surface area (Å²) in [5.41, 5.74) is 0. The predicted molar refractivity (Wildman–Crippen MR) is 29.5 cm³/mol. The average molecular weight is 113 g/mol. The molecule has 0 heterocycles. The van der Waals surface area contributed by atoms with Crippen molar-refractivity contribution in [2.75, 3.05) is 0 Å². The van der Waals surface area contributed by atoms with E-state index in [2.05, 4.69) is 0 Å². The Hall–Kier alpha value is -1.05. The van der Waals surface area contributed by atoms with Gasteiger partial charge in [-0.15, -0.1) is 0 Å². The molecule has 0 bridgehead atoms. The second kappa shape index (κ2) is 1.82. The Morgan fingerprint density at radius 2 is 1.62 bits per heavy atom. The van der Waals surface area contributed by atoms with Crippen molar-refractivity contribution >= 4 is 0 Å². The fourth-order valence-corrected chi connectivity index (χ4v) is 0.450. The first-order chi connectivity index (χ1) is 3.79. The number of hydrogen-bond acceptors (Lipinski definition) is 0. The van der Waals surface area contributed by atoms with Crippen LogP contribution in [-0.2, 0) is 0 Å². The summed E-state index contributed by atoms with van der Waals surface area (Å²) in [4.78, 5) is 0. The fourth-order valence-electron chi connectivity index (χ4n) is 0.450. The first-order valence-corrected chi connectivity index (χ1v) is 2.26. The Balaban J connectivity index is 3.03. The van der Waals surface area contributed by atoms with Gasteiger partial charge in [-0.3, -0.25) is 0 Å². The molecule has 0 aliphatic rings. The summed E-state index contributed by atoms with van der Waals surface area (Å²) in [6.07, 6.45) is 0. The Labute approximate surface area is 46.4 Å². The van der Waals surface area contributed by atoms with Crippen LogP contribution in [0.5, 0.6) is 5.75 Å². The van der Waals surface area contributed by atoms with E-state index < -0.39 is 0 Å². The summed E-state index contributed by atoms with van der Waals surface area (Å²) >= 11 is 0. The normalized spacial score (nSPS) is 9.12. The van der Waals surface area contributed by atoms with Gasteiger partial charge in [0.05, 0.1) is 0 Å². The fraction of sp³-hybridized carbons (Fsp3) is 0. The van der Waals surface area contributed by atoms with Gasteiger partial charge in [-0.25, -0.2) is 4.39 Å². The van der Waals surface area contributed by atoms with Gasteiger partial charge in [0.2, 0.25) is 0 Å². The molecule has 0 unspecified atom stereocenters. The van der Waals surface area contributed by atoms with Crippen molar-refractivity contribution in [1.82, 2.24) is 0 Å². The summed E-state index contributed by atoms with van der Waals surface area (Å²) in [6, 6.07) is 5.36. The van der Waals surface area contributed by atoms with E-state index in [-0.39, 0.29) is 5.82 Å². The largest absolute Gasteiger partial charge is 0.593 e. The molecule has 1 nitrogen and oxygen atoms in total. The third-order valence-corrected chi connectivity index (χ3v) is 0.844. The molecule has 0 aliphatic heterocycles. The van der Waals surface area contributed by atoms with E-state index >= 15 is 0 Å². The van der Waals surface area contributed by atoms with Crippen molar-refractivity contribution in [3.05, 3.63) is 30.1 Å². The molecule has 42 valence electrons. The maximum absolute atomic E-state index is 12.0. The highest BCUT2D eigenvalue weighted by Gasteiger charge is 1.89. The quantitative estimate of drug-likeness (QED) is 0.452. The molecule has 0 aromatic heterocycles. The molecule has 0 saturated carbocycles. The predicted octanol–water partition coefficient (Wildman–Crippen LogP) is 1.26. The maximum atomic E-state index is 12.0. The lowest BCUT2D eigenvalue weighted by Gasteiger charge is -1.83. The highest BCUT2D eigenvalue weighted by atomic mass is 19.1. The smallest absolute Gasteiger partial charge is 0.253 e. The van der Waals surface area contributed by atoms with Crippen LogP contribution >= 0.6 is 0 Å². The van der Waals surface area contributed by atoms with Gasteiger partial charge in [-0.05, 0) is 12.1 Å². The molecule has 0 amide bonds. The van der Waals surface area contributed by atoms with E-state index in [1.165, 1.54) is 24.3 Å². The van der Waals surface area contributed by atoms with Crippen molar-refractivity contribution in [1.29, 1.82) is 0 Å². The Bertz CT molecular complexity index is 147. The van der Waals surface area contributed by atoms with Crippen LogP contribution in [0.2, 0.25) is 0 Å². The molecular weight excluding hydrogens is 107 g/mol. The molecule has 2 heteroatoms. The van der Waals surface area contributed by atoms with Crippen LogP contribution < -0.4 is 0 Å². The number of benzene rings is 1. The SMILES string of the molecule is [OH2+]c1ccc(F)cc1. The minimum atomic E-state index is -0.291. The van der Waals surface area contributed by atoms with E-state index in [0.717, 1.165) is 0 Å². The molecule has 1 rings (SSSR count). The first kappa shape index (κ1) is 5.09. The van der Waals surface area contributed by atoms with Gasteiger partial charge in [0.1, 0.15) is 5.82 Å². The lowest BCUT2D eigenvalue weighted by Crippen LogP contribution is -1.67. The number of halogens is 1. The number of hydrogen-bond donors (Lipinski definition) is 0. The van der Waals surface area contributed by atoms with Crippen LogP contribution in [0.4, 0.5) is 4.39 Å². The average Bonchev–Trinajstić information content (AvgIpc) is 1.77. The van der Waals surface area contributed by atoms with Gasteiger partial charge >= 0.3 is 0 Å². The van der Waals surface area contributed by atoms with E-state index in [1.807, 2.05) is 0 Å². The molecule has 1 aromatic carbocycles. The van der Waals surface area contributed by atoms with Crippen molar-refractivity contribution in [3.8, 4) is 5.75 Å². The lowest BCUT2D eigenvalue weighted by molar-refractivity contribution is 0.473. The molecule has 0 aliphatic carbocycles. The van der Waals surface area contributed by atoms with Gasteiger partial charge in [0.15, 0.2) is 0 Å². The van der Waals surface area contributed by atoms with Crippen LogP contribution in [0, 0.1) is 5.82 Å². The Kier molecular flexibility index (Phi) is 1.16. The van der Waals surface area contributed by atoms with Gasteiger partial charge < -0.3 is 5.11 Å². The second-order valence-corrected chi connectivity index (χ2v) is 1.51. The molecule has 0 atom stereocenters. The minimum absolute atomic E-state index is 0.291. The van der Waals surface area contributed by atoms with E-state index in [4.69, 9.17) is 5.11 Å². The van der Waals surface area contributed by atoms with E-state index in [0.29, 0.717) is 5.75 Å². The van der Waals surface area contributed by atoms with Gasteiger partial charge in [0.25, 0.3) is 5.75 Å². The molecule has 0 spiro atoms. The summed E-state index contributed by atoms with van der Waals surface area (Å²) < 4.78 is 12.0. The number of rotatable bonds is 0. The molecule has 2 N–H and O–H groups in total. The van der Waals surface area contributed by atoms with Gasteiger partial charge in [-0.1, -0.05) is 0 Å². The standard InChI is InChI=1S/C6H5FO/c7-5-1-3-6(8)4-2-5/h1-4,8H/p+1. The zero-order valence-electron chi connectivity index (χ0n) is 4.19. The third-order valence-electron chi connectivity index (χ3n) is 0.844. The van der Waals surface area contributed by atoms with E-state index in [1.54, 1.807) is 0 Å². The molecule has 8 heavy (non-hydrogen) atoms. The highest BCUT2D eigenvalue weighted by Crippen LogP contribution is 2.06. The third kappa shape index (κ3) is 0.964. The van der Waals surface area contributed by atoms with Gasteiger partial charge in [0, 0.05) is 12.1 Å². The molecule has 0 radical (unpaired) electrons. The lowest BCUT2D eigenvalue weighted by atomic mass is 10.3. The summed E-state index contributed by atoms with van der Waals surface area (Å²) in [5.74, 6) is 0.0485. The van der Waals surface area contributed by atoms with Crippen LogP contribution in [0.25, 0.3) is 0 Å². The van der Waals surface area contributed by atoms with Crippen molar-refractivity contribution in [2.24, 2.45) is 0 Å². The van der Waals surface area contributed by atoms with Gasteiger partial charge in [-0.2, -0.15) is 0 Å². The van der Waals surface area contributed by atoms with Crippen LogP contribution in [0.1, 0.15) is 0 Å². The topological polar surface area (TPSA) is 22.9 Å². The maximum Gasteiger partial charge on any atom is 0.253 e. The van der Waals surface area contributed by atoms with E-state index in [9.17, 15) is 4.39 Å². The Morgan fingerprint density at radius 1 is 1.12 bits per heavy atom. The Morgan fingerprint density at radius 3 is 2.00 bits per heavy atom. The zero-order chi connectivity index (χ0) is 5.98. The molecule has 0 fully saturated rings. The zero-order valence-corrected chi connectivity index (χ0v) is 4.19. The highest BCUT2D eigenvalue weighted by molar-refractivity contribution is 5.19. The minimum Gasteiger partial charge on any atom is -0.593 e. The molecule has 1 aromatic rings. The van der Waals surface area contributed by atoms with Crippen molar-refractivity contribution < 1.29 is 9.50 Å². The first-order valence-electron chi connectivity index (χ1n) is 2.26. The summed E-state index contributed by atoms with van der Waals surface area (Å²) in [7, 11) is 0. The summed E-state index contributed by atoms with van der Waals surface area (Å²) in [6.45, 7) is 0. The molecular formula is C6H6FO+. The monoisotopic (exact) mass is 113 g/mol. The molecule has 0 saturated heterocycles.